The van der Waals surface area contributed by atoms with Crippen molar-refractivity contribution in [2.24, 2.45) is 0 Å². The third-order valence-electron chi connectivity index (χ3n) is 3.09. The van der Waals surface area contributed by atoms with Crippen LogP contribution in [0.3, 0.4) is 0 Å². The first kappa shape index (κ1) is 10.1. The Kier molecular flexibility index (Phi) is 2.08. The van der Waals surface area contributed by atoms with Crippen LogP contribution in [0.4, 0.5) is 4.39 Å². The van der Waals surface area contributed by atoms with Crippen LogP contribution in [0.5, 0.6) is 5.75 Å². The maximum Gasteiger partial charge on any atom is 0.145 e. The lowest BCUT2D eigenvalue weighted by atomic mass is 10.1. The van der Waals surface area contributed by atoms with E-state index in [1.807, 2.05) is 19.1 Å². The number of nitrogens with one attached hydrogen (secondary N) is 1. The third-order valence-corrected chi connectivity index (χ3v) is 3.09. The minimum atomic E-state index is -0.224. The number of halogens is 1. The number of aromatic amines is 1. The molecule has 17 heavy (non-hydrogen) atoms. The Bertz CT molecular complexity index is 715. The predicted molar refractivity (Wildman–Crippen MR) is 67.1 cm³/mol. The summed E-state index contributed by atoms with van der Waals surface area (Å²) in [5.74, 6) is 0.594. The fourth-order valence-corrected chi connectivity index (χ4v) is 2.28. The van der Waals surface area contributed by atoms with E-state index in [9.17, 15) is 4.39 Å². The summed E-state index contributed by atoms with van der Waals surface area (Å²) in [6, 6.07) is 8.73. The number of methoxy groups -OCH3 is 1. The Hall–Kier alpha value is -2.03. The van der Waals surface area contributed by atoms with Crippen LogP contribution in [-0.2, 0) is 0 Å². The molecule has 0 saturated heterocycles. The topological polar surface area (TPSA) is 25.0 Å². The highest BCUT2D eigenvalue weighted by atomic mass is 19.1. The molecule has 0 atom stereocenters. The molecule has 1 N–H and O–H groups in total. The summed E-state index contributed by atoms with van der Waals surface area (Å²) < 4.78 is 18.7. The van der Waals surface area contributed by atoms with Crippen LogP contribution >= 0.6 is 0 Å². The van der Waals surface area contributed by atoms with Crippen molar-refractivity contribution >= 4 is 21.8 Å². The minimum absolute atomic E-state index is 0.224. The van der Waals surface area contributed by atoms with E-state index in [4.69, 9.17) is 4.74 Å². The minimum Gasteiger partial charge on any atom is -0.494 e. The quantitative estimate of drug-likeness (QED) is 0.675. The monoisotopic (exact) mass is 229 g/mol. The number of H-pyrrole nitrogens is 1. The number of fused-ring (bicyclic) bond motifs is 3. The summed E-state index contributed by atoms with van der Waals surface area (Å²) in [4.78, 5) is 3.27. The average Bonchev–Trinajstić information content (AvgIpc) is 2.67. The molecule has 0 bridgehead atoms. The van der Waals surface area contributed by atoms with Gasteiger partial charge in [-0.25, -0.2) is 4.39 Å². The van der Waals surface area contributed by atoms with E-state index >= 15 is 0 Å². The molecule has 86 valence electrons. The van der Waals surface area contributed by atoms with Gasteiger partial charge >= 0.3 is 0 Å². The Morgan fingerprint density at radius 2 is 1.94 bits per heavy atom. The number of aromatic nitrogens is 1. The highest BCUT2D eigenvalue weighted by molar-refractivity contribution is 6.09. The molecule has 0 amide bonds. The third kappa shape index (κ3) is 1.39. The van der Waals surface area contributed by atoms with E-state index in [1.165, 1.54) is 6.07 Å². The van der Waals surface area contributed by atoms with Crippen LogP contribution in [0.25, 0.3) is 21.8 Å². The van der Waals surface area contributed by atoms with Gasteiger partial charge in [0.2, 0.25) is 0 Å². The standard InChI is InChI=1S/C14H12FNO/c1-8-3-5-10-11-7-9(15)4-6-12(11)16-13(10)14(8)17-2/h3-7,16H,1-2H3. The van der Waals surface area contributed by atoms with E-state index in [0.717, 1.165) is 33.1 Å². The smallest absolute Gasteiger partial charge is 0.145 e. The first-order chi connectivity index (χ1) is 8.20. The number of hydrogen-bond acceptors (Lipinski definition) is 1. The molecule has 1 heterocycles. The normalized spacial score (nSPS) is 11.2. The molecule has 0 radical (unpaired) electrons. The van der Waals surface area contributed by atoms with E-state index < -0.39 is 0 Å². The summed E-state index contributed by atoms with van der Waals surface area (Å²) in [5, 5.41) is 1.88. The van der Waals surface area contributed by atoms with Crippen molar-refractivity contribution in [1.82, 2.24) is 4.98 Å². The van der Waals surface area contributed by atoms with Crippen LogP contribution in [-0.4, -0.2) is 12.1 Å². The SMILES string of the molecule is COc1c(C)ccc2c1[nH]c1ccc(F)cc12. The van der Waals surface area contributed by atoms with E-state index in [-0.39, 0.29) is 5.82 Å². The van der Waals surface area contributed by atoms with Crippen LogP contribution in [0.15, 0.2) is 30.3 Å². The zero-order valence-electron chi connectivity index (χ0n) is 9.67. The fraction of sp³-hybridized carbons (Fsp3) is 0.143. The second-order valence-electron chi connectivity index (χ2n) is 4.15. The average molecular weight is 229 g/mol. The Morgan fingerprint density at radius 1 is 1.12 bits per heavy atom. The number of hydrogen-bond donors (Lipinski definition) is 1. The second kappa shape index (κ2) is 3.48. The molecular weight excluding hydrogens is 217 g/mol. The molecule has 0 aliphatic carbocycles. The Morgan fingerprint density at radius 3 is 2.71 bits per heavy atom. The van der Waals surface area contributed by atoms with Crippen molar-refractivity contribution in [2.75, 3.05) is 7.11 Å². The molecule has 0 aliphatic rings. The van der Waals surface area contributed by atoms with Gasteiger partial charge in [0.1, 0.15) is 11.6 Å². The maximum absolute atomic E-state index is 13.3. The first-order valence-corrected chi connectivity index (χ1v) is 5.45. The lowest BCUT2D eigenvalue weighted by molar-refractivity contribution is 0.416. The van der Waals surface area contributed by atoms with Gasteiger partial charge in [0.15, 0.2) is 0 Å². The number of rotatable bonds is 1. The number of benzene rings is 2. The van der Waals surface area contributed by atoms with E-state index in [0.29, 0.717) is 0 Å². The van der Waals surface area contributed by atoms with Crippen molar-refractivity contribution in [3.05, 3.63) is 41.7 Å². The van der Waals surface area contributed by atoms with Gasteiger partial charge in [-0.1, -0.05) is 12.1 Å². The maximum atomic E-state index is 13.3. The molecule has 3 rings (SSSR count). The van der Waals surface area contributed by atoms with Crippen LogP contribution in [0, 0.1) is 12.7 Å². The molecule has 1 aromatic heterocycles. The zero-order chi connectivity index (χ0) is 12.0. The molecule has 3 aromatic rings. The summed E-state index contributed by atoms with van der Waals surface area (Å²) in [6.07, 6.45) is 0. The van der Waals surface area contributed by atoms with Crippen LogP contribution in [0.2, 0.25) is 0 Å². The molecular formula is C14H12FNO. The van der Waals surface area contributed by atoms with Gasteiger partial charge < -0.3 is 9.72 Å². The summed E-state index contributed by atoms with van der Waals surface area (Å²) in [6.45, 7) is 1.99. The lowest BCUT2D eigenvalue weighted by Crippen LogP contribution is -1.87. The highest BCUT2D eigenvalue weighted by Crippen LogP contribution is 2.34. The largest absolute Gasteiger partial charge is 0.494 e. The molecule has 3 heteroatoms. The number of ether oxygens (including phenoxy) is 1. The van der Waals surface area contributed by atoms with Gasteiger partial charge in [-0.15, -0.1) is 0 Å². The molecule has 2 aromatic carbocycles. The Balaban J connectivity index is 2.51. The molecule has 0 aliphatic heterocycles. The second-order valence-corrected chi connectivity index (χ2v) is 4.15. The van der Waals surface area contributed by atoms with Gasteiger partial charge in [-0.2, -0.15) is 0 Å². The fourth-order valence-electron chi connectivity index (χ4n) is 2.28. The molecule has 2 nitrogen and oxygen atoms in total. The van der Waals surface area contributed by atoms with Crippen LogP contribution < -0.4 is 4.74 Å². The van der Waals surface area contributed by atoms with E-state index in [2.05, 4.69) is 4.98 Å². The van der Waals surface area contributed by atoms with Crippen molar-refractivity contribution in [3.8, 4) is 5.75 Å². The summed E-state index contributed by atoms with van der Waals surface area (Å²) >= 11 is 0. The van der Waals surface area contributed by atoms with Gasteiger partial charge in [-0.3, -0.25) is 0 Å². The van der Waals surface area contributed by atoms with Crippen molar-refractivity contribution in [2.45, 2.75) is 6.92 Å². The lowest BCUT2D eigenvalue weighted by Gasteiger charge is -2.05. The molecule has 0 unspecified atom stereocenters. The highest BCUT2D eigenvalue weighted by Gasteiger charge is 2.11. The molecule has 0 saturated carbocycles. The van der Waals surface area contributed by atoms with Crippen molar-refractivity contribution < 1.29 is 9.13 Å². The van der Waals surface area contributed by atoms with Crippen molar-refractivity contribution in [3.63, 3.8) is 0 Å². The Labute approximate surface area is 98.0 Å². The summed E-state index contributed by atoms with van der Waals surface area (Å²) in [5.41, 5.74) is 2.91. The zero-order valence-corrected chi connectivity index (χ0v) is 9.67. The van der Waals surface area contributed by atoms with Gasteiger partial charge in [0.05, 0.1) is 12.6 Å². The van der Waals surface area contributed by atoms with Gasteiger partial charge in [0, 0.05) is 16.3 Å². The van der Waals surface area contributed by atoms with Gasteiger partial charge in [-0.05, 0) is 30.7 Å². The van der Waals surface area contributed by atoms with Crippen LogP contribution in [0.1, 0.15) is 5.56 Å². The first-order valence-electron chi connectivity index (χ1n) is 5.45. The van der Waals surface area contributed by atoms with Gasteiger partial charge in [0.25, 0.3) is 0 Å². The molecule has 0 spiro atoms. The predicted octanol–water partition coefficient (Wildman–Crippen LogP) is 3.78. The molecule has 0 fully saturated rings. The number of aryl methyl sites for hydroxylation is 1. The van der Waals surface area contributed by atoms with E-state index in [1.54, 1.807) is 19.2 Å². The summed E-state index contributed by atoms with van der Waals surface area (Å²) in [7, 11) is 1.65. The van der Waals surface area contributed by atoms with Crippen molar-refractivity contribution in [1.29, 1.82) is 0 Å².